The van der Waals surface area contributed by atoms with Gasteiger partial charge in [-0.25, -0.2) is 0 Å². The quantitative estimate of drug-likeness (QED) is 0.634. The van der Waals surface area contributed by atoms with Gasteiger partial charge in [0.25, 0.3) is 0 Å². The number of carboxylic acid groups (broad SMARTS) is 1. The molecule has 0 aromatic heterocycles. The number of hydrogen-bond donors (Lipinski definition) is 3. The fourth-order valence-electron chi connectivity index (χ4n) is 3.06. The highest BCUT2D eigenvalue weighted by Crippen LogP contribution is 2.30. The van der Waals surface area contributed by atoms with E-state index in [1.54, 1.807) is 0 Å². The minimum absolute atomic E-state index is 0.127. The van der Waals surface area contributed by atoms with Crippen molar-refractivity contribution in [2.24, 2.45) is 17.8 Å². The summed E-state index contributed by atoms with van der Waals surface area (Å²) in [5, 5.41) is 21.1. The van der Waals surface area contributed by atoms with Crippen molar-refractivity contribution in [1.29, 1.82) is 0 Å². The first-order valence-corrected chi connectivity index (χ1v) is 7.71. The molecule has 1 fully saturated rings. The molecule has 1 unspecified atom stereocenters. The van der Waals surface area contributed by atoms with Crippen LogP contribution in [0.2, 0.25) is 0 Å². The lowest BCUT2D eigenvalue weighted by atomic mass is 9.78. The Hall–Kier alpha value is -1.10. The zero-order chi connectivity index (χ0) is 15.0. The molecule has 3 N–H and O–H groups in total. The number of amides is 1. The number of carbonyl (C=O) groups is 2. The Labute approximate surface area is 120 Å². The zero-order valence-corrected chi connectivity index (χ0v) is 12.3. The molecule has 0 aromatic carbocycles. The SMILES string of the molecule is CCCC(CCO)CNC(=O)[C@@H]1CCCC[C@@H]1C(=O)O. The maximum atomic E-state index is 12.2. The van der Waals surface area contributed by atoms with Gasteiger partial charge in [0.15, 0.2) is 0 Å². The predicted octanol–water partition coefficient (Wildman–Crippen LogP) is 1.79. The number of rotatable bonds is 8. The lowest BCUT2D eigenvalue weighted by Crippen LogP contribution is -2.41. The standard InChI is InChI=1S/C15H27NO4/c1-2-5-11(8-9-17)10-16-14(18)12-6-3-4-7-13(12)15(19)20/h11-13,17H,2-10H2,1H3,(H,16,18)(H,19,20)/t11?,12-,13+/m1/s1. The molecule has 20 heavy (non-hydrogen) atoms. The van der Waals surface area contributed by atoms with Gasteiger partial charge in [0.1, 0.15) is 0 Å². The van der Waals surface area contributed by atoms with Gasteiger partial charge in [-0.15, -0.1) is 0 Å². The minimum atomic E-state index is -0.856. The lowest BCUT2D eigenvalue weighted by molar-refractivity contribution is -0.148. The highest BCUT2D eigenvalue weighted by Gasteiger charge is 2.35. The maximum Gasteiger partial charge on any atom is 0.307 e. The van der Waals surface area contributed by atoms with E-state index >= 15 is 0 Å². The van der Waals surface area contributed by atoms with E-state index in [9.17, 15) is 14.7 Å². The normalized spacial score (nSPS) is 24.1. The molecule has 0 saturated heterocycles. The van der Waals surface area contributed by atoms with Gasteiger partial charge in [-0.2, -0.15) is 0 Å². The van der Waals surface area contributed by atoms with Crippen LogP contribution in [0, 0.1) is 17.8 Å². The Kier molecular flexibility index (Phi) is 7.59. The fourth-order valence-corrected chi connectivity index (χ4v) is 3.06. The summed E-state index contributed by atoms with van der Waals surface area (Å²) < 4.78 is 0. The van der Waals surface area contributed by atoms with E-state index in [0.29, 0.717) is 25.8 Å². The van der Waals surface area contributed by atoms with E-state index in [0.717, 1.165) is 25.7 Å². The highest BCUT2D eigenvalue weighted by atomic mass is 16.4. The summed E-state index contributed by atoms with van der Waals surface area (Å²) in [6, 6.07) is 0. The summed E-state index contributed by atoms with van der Waals surface area (Å²) in [6.45, 7) is 2.74. The van der Waals surface area contributed by atoms with Gasteiger partial charge >= 0.3 is 5.97 Å². The Morgan fingerprint density at radius 2 is 1.85 bits per heavy atom. The summed E-state index contributed by atoms with van der Waals surface area (Å²) in [5.41, 5.74) is 0. The lowest BCUT2D eigenvalue weighted by Gasteiger charge is -2.28. The smallest absolute Gasteiger partial charge is 0.307 e. The number of hydrogen-bond acceptors (Lipinski definition) is 3. The van der Waals surface area contributed by atoms with Crippen LogP contribution in [0.1, 0.15) is 51.9 Å². The summed E-state index contributed by atoms with van der Waals surface area (Å²) >= 11 is 0. The Morgan fingerprint density at radius 3 is 2.40 bits per heavy atom. The first kappa shape index (κ1) is 17.0. The van der Waals surface area contributed by atoms with Crippen molar-refractivity contribution in [3.05, 3.63) is 0 Å². The summed E-state index contributed by atoms with van der Waals surface area (Å²) in [5.74, 6) is -1.63. The summed E-state index contributed by atoms with van der Waals surface area (Å²) in [7, 11) is 0. The van der Waals surface area contributed by atoms with Crippen molar-refractivity contribution in [2.75, 3.05) is 13.2 Å². The van der Waals surface area contributed by atoms with Gasteiger partial charge in [0.05, 0.1) is 11.8 Å². The molecule has 0 aromatic rings. The van der Waals surface area contributed by atoms with Gasteiger partial charge in [0.2, 0.25) is 5.91 Å². The number of carbonyl (C=O) groups excluding carboxylic acids is 1. The van der Waals surface area contributed by atoms with Crippen molar-refractivity contribution in [2.45, 2.75) is 51.9 Å². The number of carboxylic acids is 1. The van der Waals surface area contributed by atoms with Crippen LogP contribution < -0.4 is 5.32 Å². The molecule has 0 heterocycles. The maximum absolute atomic E-state index is 12.2. The van der Waals surface area contributed by atoms with Crippen molar-refractivity contribution in [1.82, 2.24) is 5.32 Å². The monoisotopic (exact) mass is 285 g/mol. The second-order valence-electron chi connectivity index (χ2n) is 5.75. The van der Waals surface area contributed by atoms with Gasteiger partial charge in [-0.1, -0.05) is 26.2 Å². The third kappa shape index (κ3) is 5.12. The molecular weight excluding hydrogens is 258 g/mol. The molecule has 1 amide bonds. The van der Waals surface area contributed by atoms with Gasteiger partial charge < -0.3 is 15.5 Å². The van der Waals surface area contributed by atoms with Crippen LogP contribution in [-0.2, 0) is 9.59 Å². The molecule has 0 aliphatic heterocycles. The molecular formula is C15H27NO4. The molecule has 1 aliphatic rings. The molecule has 3 atom stereocenters. The third-order valence-electron chi connectivity index (χ3n) is 4.22. The van der Waals surface area contributed by atoms with Crippen LogP contribution in [0.15, 0.2) is 0 Å². The van der Waals surface area contributed by atoms with E-state index in [4.69, 9.17) is 5.11 Å². The molecule has 1 rings (SSSR count). The minimum Gasteiger partial charge on any atom is -0.481 e. The second kappa shape index (κ2) is 8.95. The van der Waals surface area contributed by atoms with Gasteiger partial charge in [-0.3, -0.25) is 9.59 Å². The number of aliphatic hydroxyl groups excluding tert-OH is 1. The van der Waals surface area contributed by atoms with Crippen LogP contribution in [-0.4, -0.2) is 35.2 Å². The van der Waals surface area contributed by atoms with Crippen LogP contribution in [0.25, 0.3) is 0 Å². The number of aliphatic hydroxyl groups is 1. The van der Waals surface area contributed by atoms with E-state index in [-0.39, 0.29) is 18.4 Å². The highest BCUT2D eigenvalue weighted by molar-refractivity contribution is 5.84. The van der Waals surface area contributed by atoms with E-state index < -0.39 is 17.8 Å². The fraction of sp³-hybridized carbons (Fsp3) is 0.867. The Bertz CT molecular complexity index is 313. The number of nitrogens with one attached hydrogen (secondary N) is 1. The average molecular weight is 285 g/mol. The molecule has 116 valence electrons. The molecule has 1 aliphatic carbocycles. The third-order valence-corrected chi connectivity index (χ3v) is 4.22. The second-order valence-corrected chi connectivity index (χ2v) is 5.75. The van der Waals surface area contributed by atoms with E-state index in [2.05, 4.69) is 12.2 Å². The van der Waals surface area contributed by atoms with Gasteiger partial charge in [0, 0.05) is 13.2 Å². The summed E-state index contributed by atoms with van der Waals surface area (Å²) in [6.07, 6.45) is 5.75. The van der Waals surface area contributed by atoms with Crippen molar-refractivity contribution < 1.29 is 19.8 Å². The molecule has 5 heteroatoms. The summed E-state index contributed by atoms with van der Waals surface area (Å²) in [4.78, 5) is 23.4. The van der Waals surface area contributed by atoms with Gasteiger partial charge in [-0.05, 0) is 31.6 Å². The first-order chi connectivity index (χ1) is 9.60. The topological polar surface area (TPSA) is 86.6 Å². The molecule has 5 nitrogen and oxygen atoms in total. The molecule has 0 bridgehead atoms. The van der Waals surface area contributed by atoms with E-state index in [1.165, 1.54) is 0 Å². The van der Waals surface area contributed by atoms with Crippen molar-refractivity contribution >= 4 is 11.9 Å². The van der Waals surface area contributed by atoms with Crippen molar-refractivity contribution in [3.8, 4) is 0 Å². The molecule has 1 saturated carbocycles. The Balaban J connectivity index is 2.48. The predicted molar refractivity (Wildman–Crippen MR) is 76.2 cm³/mol. The average Bonchev–Trinajstić information content (AvgIpc) is 2.45. The van der Waals surface area contributed by atoms with E-state index in [1.807, 2.05) is 0 Å². The zero-order valence-electron chi connectivity index (χ0n) is 12.3. The number of aliphatic carboxylic acids is 1. The molecule has 0 spiro atoms. The van der Waals surface area contributed by atoms with Crippen LogP contribution in [0.4, 0.5) is 0 Å². The van der Waals surface area contributed by atoms with Crippen LogP contribution >= 0.6 is 0 Å². The van der Waals surface area contributed by atoms with Crippen molar-refractivity contribution in [3.63, 3.8) is 0 Å². The molecule has 0 radical (unpaired) electrons. The Morgan fingerprint density at radius 1 is 1.20 bits per heavy atom. The van der Waals surface area contributed by atoms with Crippen LogP contribution in [0.3, 0.4) is 0 Å². The largest absolute Gasteiger partial charge is 0.481 e. The van der Waals surface area contributed by atoms with Crippen LogP contribution in [0.5, 0.6) is 0 Å². The first-order valence-electron chi connectivity index (χ1n) is 7.71.